The third kappa shape index (κ3) is 4.68. The van der Waals surface area contributed by atoms with Crippen molar-refractivity contribution in [3.8, 4) is 5.75 Å². The molecule has 2 aromatic rings. The fourth-order valence-electron chi connectivity index (χ4n) is 3.88. The van der Waals surface area contributed by atoms with Gasteiger partial charge in [-0.05, 0) is 36.8 Å². The van der Waals surface area contributed by atoms with Gasteiger partial charge in [-0.15, -0.1) is 0 Å². The Bertz CT molecular complexity index is 1020. The van der Waals surface area contributed by atoms with Gasteiger partial charge in [0.05, 0.1) is 12.1 Å². The van der Waals surface area contributed by atoms with Gasteiger partial charge < -0.3 is 20.3 Å². The average molecular weight is 425 g/mol. The SMILES string of the molecule is Cc1ccc2c(c1)C(=O)N[C@]1(CCC(=O)N(CC(=O)NCc3ccc(F)cc3)CC1)O2. The zero-order valence-corrected chi connectivity index (χ0v) is 17.2. The summed E-state index contributed by atoms with van der Waals surface area (Å²) in [5.41, 5.74) is 1.25. The standard InChI is InChI=1S/C23H24FN3O4/c1-15-2-7-19-18(12-15)22(30)26-23(31-19)9-8-21(29)27(11-10-23)14-20(28)25-13-16-3-5-17(24)6-4-16/h2-7,12H,8-11,13-14H2,1H3,(H,25,28)(H,26,30)/t23-/m1/s1. The van der Waals surface area contributed by atoms with E-state index in [0.29, 0.717) is 24.2 Å². The van der Waals surface area contributed by atoms with Gasteiger partial charge in [0.1, 0.15) is 11.6 Å². The number of halogens is 1. The third-order valence-corrected chi connectivity index (χ3v) is 5.64. The van der Waals surface area contributed by atoms with Crippen molar-refractivity contribution in [1.82, 2.24) is 15.5 Å². The Kier molecular flexibility index (Phi) is 5.63. The summed E-state index contributed by atoms with van der Waals surface area (Å²) in [6.07, 6.45) is 0.869. The molecule has 7 nitrogen and oxygen atoms in total. The highest BCUT2D eigenvalue weighted by molar-refractivity contribution is 5.98. The summed E-state index contributed by atoms with van der Waals surface area (Å²) in [7, 11) is 0. The lowest BCUT2D eigenvalue weighted by atomic mass is 9.99. The maximum absolute atomic E-state index is 13.0. The van der Waals surface area contributed by atoms with Gasteiger partial charge in [0.2, 0.25) is 11.8 Å². The minimum Gasteiger partial charge on any atom is -0.467 e. The van der Waals surface area contributed by atoms with Crippen LogP contribution in [0.2, 0.25) is 0 Å². The van der Waals surface area contributed by atoms with Crippen molar-refractivity contribution in [3.05, 3.63) is 65.0 Å². The van der Waals surface area contributed by atoms with Crippen LogP contribution in [0.5, 0.6) is 5.75 Å². The number of fused-ring (bicyclic) bond motifs is 1. The lowest BCUT2D eigenvalue weighted by Crippen LogP contribution is -2.56. The summed E-state index contributed by atoms with van der Waals surface area (Å²) in [5.74, 6) is -0.520. The van der Waals surface area contributed by atoms with Crippen molar-refractivity contribution in [2.24, 2.45) is 0 Å². The molecule has 0 aromatic heterocycles. The Morgan fingerprint density at radius 2 is 1.97 bits per heavy atom. The molecule has 0 radical (unpaired) electrons. The molecule has 1 atom stereocenters. The van der Waals surface area contributed by atoms with E-state index in [9.17, 15) is 18.8 Å². The van der Waals surface area contributed by atoms with Gasteiger partial charge in [0.25, 0.3) is 5.91 Å². The molecule has 0 unspecified atom stereocenters. The second kappa shape index (κ2) is 8.37. The maximum atomic E-state index is 13.0. The minimum absolute atomic E-state index is 0.0835. The number of benzene rings is 2. The van der Waals surface area contributed by atoms with E-state index in [4.69, 9.17) is 4.74 Å². The Labute approximate surface area is 179 Å². The normalized spacial score (nSPS) is 20.5. The van der Waals surface area contributed by atoms with Gasteiger partial charge >= 0.3 is 0 Å². The molecule has 0 saturated carbocycles. The summed E-state index contributed by atoms with van der Waals surface area (Å²) < 4.78 is 19.1. The van der Waals surface area contributed by atoms with Crippen LogP contribution in [0, 0.1) is 12.7 Å². The minimum atomic E-state index is -0.964. The van der Waals surface area contributed by atoms with E-state index in [0.717, 1.165) is 11.1 Å². The molecule has 2 N–H and O–H groups in total. The number of likely N-dealkylation sites (tertiary alicyclic amines) is 1. The largest absolute Gasteiger partial charge is 0.467 e. The zero-order valence-electron chi connectivity index (χ0n) is 17.2. The van der Waals surface area contributed by atoms with E-state index in [1.807, 2.05) is 13.0 Å². The van der Waals surface area contributed by atoms with Crippen molar-refractivity contribution in [2.75, 3.05) is 13.1 Å². The van der Waals surface area contributed by atoms with E-state index in [-0.39, 0.29) is 49.6 Å². The van der Waals surface area contributed by atoms with E-state index < -0.39 is 5.72 Å². The van der Waals surface area contributed by atoms with Gasteiger partial charge in [0, 0.05) is 32.4 Å². The lowest BCUT2D eigenvalue weighted by Gasteiger charge is -2.38. The Morgan fingerprint density at radius 3 is 2.74 bits per heavy atom. The molecule has 1 spiro atoms. The summed E-state index contributed by atoms with van der Waals surface area (Å²) >= 11 is 0. The summed E-state index contributed by atoms with van der Waals surface area (Å²) in [6.45, 7) is 2.35. The van der Waals surface area contributed by atoms with Crippen molar-refractivity contribution in [2.45, 2.75) is 38.5 Å². The van der Waals surface area contributed by atoms with Gasteiger partial charge in [0.15, 0.2) is 5.72 Å². The highest BCUT2D eigenvalue weighted by atomic mass is 19.1. The number of ether oxygens (including phenoxy) is 1. The van der Waals surface area contributed by atoms with Crippen molar-refractivity contribution >= 4 is 17.7 Å². The van der Waals surface area contributed by atoms with Crippen LogP contribution in [-0.2, 0) is 16.1 Å². The Hall–Kier alpha value is -3.42. The Morgan fingerprint density at radius 1 is 1.19 bits per heavy atom. The first-order chi connectivity index (χ1) is 14.8. The number of carbonyl (C=O) groups excluding carboxylic acids is 3. The number of rotatable bonds is 4. The number of nitrogens with zero attached hydrogens (tertiary/aromatic N) is 1. The lowest BCUT2D eigenvalue weighted by molar-refractivity contribution is -0.135. The average Bonchev–Trinajstić information content (AvgIpc) is 2.88. The van der Waals surface area contributed by atoms with E-state index in [1.54, 1.807) is 24.3 Å². The molecule has 1 saturated heterocycles. The van der Waals surface area contributed by atoms with E-state index in [2.05, 4.69) is 10.6 Å². The van der Waals surface area contributed by atoms with Crippen LogP contribution in [0.4, 0.5) is 4.39 Å². The van der Waals surface area contributed by atoms with E-state index >= 15 is 0 Å². The molecular formula is C23H24FN3O4. The van der Waals surface area contributed by atoms with E-state index in [1.165, 1.54) is 17.0 Å². The first kappa shape index (κ1) is 20.8. The number of aryl methyl sites for hydroxylation is 1. The first-order valence-corrected chi connectivity index (χ1v) is 10.2. The van der Waals surface area contributed by atoms with Crippen LogP contribution in [0.15, 0.2) is 42.5 Å². The van der Waals surface area contributed by atoms with Crippen molar-refractivity contribution in [1.29, 1.82) is 0 Å². The smallest absolute Gasteiger partial charge is 0.258 e. The number of hydrogen-bond donors (Lipinski definition) is 2. The molecule has 31 heavy (non-hydrogen) atoms. The summed E-state index contributed by atoms with van der Waals surface area (Å²) in [4.78, 5) is 39.0. The molecule has 2 heterocycles. The highest BCUT2D eigenvalue weighted by Crippen LogP contribution is 2.34. The quantitative estimate of drug-likeness (QED) is 0.787. The number of hydrogen-bond acceptors (Lipinski definition) is 4. The van der Waals surface area contributed by atoms with Crippen LogP contribution in [0.3, 0.4) is 0 Å². The second-order valence-corrected chi connectivity index (χ2v) is 8.02. The number of amides is 3. The second-order valence-electron chi connectivity index (χ2n) is 8.02. The molecular weight excluding hydrogens is 401 g/mol. The molecule has 162 valence electrons. The van der Waals surface area contributed by atoms with Crippen LogP contribution in [-0.4, -0.2) is 41.4 Å². The van der Waals surface area contributed by atoms with Gasteiger partial charge in [-0.3, -0.25) is 14.4 Å². The number of nitrogens with one attached hydrogen (secondary N) is 2. The summed E-state index contributed by atoms with van der Waals surface area (Å²) in [6, 6.07) is 11.3. The fourth-order valence-corrected chi connectivity index (χ4v) is 3.88. The predicted octanol–water partition coefficient (Wildman–Crippen LogP) is 2.28. The molecule has 2 aliphatic heterocycles. The van der Waals surface area contributed by atoms with Crippen molar-refractivity contribution < 1.29 is 23.5 Å². The molecule has 4 rings (SSSR count). The van der Waals surface area contributed by atoms with Crippen LogP contribution >= 0.6 is 0 Å². The molecule has 3 amide bonds. The summed E-state index contributed by atoms with van der Waals surface area (Å²) in [5, 5.41) is 5.68. The molecule has 0 bridgehead atoms. The van der Waals surface area contributed by atoms with Crippen LogP contribution in [0.1, 0.15) is 40.7 Å². The first-order valence-electron chi connectivity index (χ1n) is 10.2. The third-order valence-electron chi connectivity index (χ3n) is 5.64. The monoisotopic (exact) mass is 425 g/mol. The van der Waals surface area contributed by atoms with Crippen molar-refractivity contribution in [3.63, 3.8) is 0 Å². The number of carbonyl (C=O) groups is 3. The van der Waals surface area contributed by atoms with Crippen LogP contribution in [0.25, 0.3) is 0 Å². The Balaban J connectivity index is 1.37. The molecule has 8 heteroatoms. The van der Waals surface area contributed by atoms with Gasteiger partial charge in [-0.1, -0.05) is 23.8 Å². The maximum Gasteiger partial charge on any atom is 0.258 e. The highest BCUT2D eigenvalue weighted by Gasteiger charge is 2.42. The molecule has 0 aliphatic carbocycles. The zero-order chi connectivity index (χ0) is 22.0. The molecule has 2 aliphatic rings. The fraction of sp³-hybridized carbons (Fsp3) is 0.348. The molecule has 1 fully saturated rings. The molecule has 2 aromatic carbocycles. The van der Waals surface area contributed by atoms with Crippen LogP contribution < -0.4 is 15.4 Å². The topological polar surface area (TPSA) is 87.7 Å². The predicted molar refractivity (Wildman–Crippen MR) is 111 cm³/mol. The van der Waals surface area contributed by atoms with Gasteiger partial charge in [-0.2, -0.15) is 0 Å². The van der Waals surface area contributed by atoms with Gasteiger partial charge in [-0.25, -0.2) is 4.39 Å².